The quantitative estimate of drug-likeness (QED) is 0.235. The minimum atomic E-state index is -1.49. The highest BCUT2D eigenvalue weighted by molar-refractivity contribution is 6.19. The number of carbonyl (C=O) groups is 1. The number of rotatable bonds is 7. The Balaban J connectivity index is 1.72. The zero-order valence-corrected chi connectivity index (χ0v) is 17.4. The van der Waals surface area contributed by atoms with Crippen LogP contribution in [-0.4, -0.2) is 32.6 Å². The van der Waals surface area contributed by atoms with Crippen LogP contribution in [0.2, 0.25) is 0 Å². The highest BCUT2D eigenvalue weighted by Gasteiger charge is 2.35. The van der Waals surface area contributed by atoms with Crippen LogP contribution in [-0.2, 0) is 4.79 Å². The molecule has 12 nitrogen and oxygen atoms in total. The van der Waals surface area contributed by atoms with Crippen LogP contribution in [0.4, 0.5) is 28.4 Å². The molecule has 12 heteroatoms. The molecule has 0 aliphatic carbocycles. The Morgan fingerprint density at radius 3 is 2.35 bits per heavy atom. The Morgan fingerprint density at radius 2 is 1.65 bits per heavy atom. The molecule has 2 atom stereocenters. The fourth-order valence-corrected chi connectivity index (χ4v) is 3.41. The van der Waals surface area contributed by atoms with Gasteiger partial charge in [-0.1, -0.05) is 30.3 Å². The number of nitrogens with zero attached hydrogens (tertiary/aromatic N) is 3. The number of anilines is 3. The summed E-state index contributed by atoms with van der Waals surface area (Å²) in [4.78, 5) is 34.0. The number of amides is 1. The molecule has 0 saturated carbocycles. The molecule has 1 aliphatic rings. The Bertz CT molecular complexity index is 1300. The third kappa shape index (κ3) is 4.66. The van der Waals surface area contributed by atoms with E-state index in [4.69, 9.17) is 0 Å². The Hall–Kier alpha value is -4.84. The summed E-state index contributed by atoms with van der Waals surface area (Å²) < 4.78 is 0. The van der Waals surface area contributed by atoms with Crippen LogP contribution < -0.4 is 16.1 Å². The summed E-state index contributed by atoms with van der Waals surface area (Å²) >= 11 is 0. The maximum absolute atomic E-state index is 12.9. The van der Waals surface area contributed by atoms with Gasteiger partial charge in [0.15, 0.2) is 0 Å². The summed E-state index contributed by atoms with van der Waals surface area (Å²) in [6.45, 7) is 0. The van der Waals surface area contributed by atoms with Gasteiger partial charge in [0.2, 0.25) is 0 Å². The first kappa shape index (κ1) is 22.4. The number of nitrogens with one attached hydrogen (secondary N) is 3. The highest BCUT2D eigenvalue weighted by atomic mass is 16.6. The molecule has 1 amide bonds. The van der Waals surface area contributed by atoms with Gasteiger partial charge in [0.05, 0.1) is 26.9 Å². The van der Waals surface area contributed by atoms with Gasteiger partial charge in [0.1, 0.15) is 17.9 Å². The number of nitro benzene ring substituents is 2. The van der Waals surface area contributed by atoms with Crippen LogP contribution in [0.25, 0.3) is 0 Å². The highest BCUT2D eigenvalue weighted by Crippen LogP contribution is 2.32. The third-order valence-electron chi connectivity index (χ3n) is 5.09. The number of benzene rings is 3. The molecule has 3 aromatic rings. The molecule has 1 aliphatic heterocycles. The molecule has 1 heterocycles. The molecule has 34 heavy (non-hydrogen) atoms. The van der Waals surface area contributed by atoms with Crippen LogP contribution in [0.15, 0.2) is 77.9 Å². The zero-order valence-electron chi connectivity index (χ0n) is 17.4. The number of para-hydroxylation sites is 1. The molecule has 4 rings (SSSR count). The van der Waals surface area contributed by atoms with Crippen molar-refractivity contribution in [2.75, 3.05) is 16.1 Å². The SMILES string of the molecule is O=C1Nc2cc([N+](=O)[O-])ccc2NC1C(=NNc1ccccc1)C(O)c1cccc([N+](=O)[O-])c1. The molecule has 0 bridgehead atoms. The van der Waals surface area contributed by atoms with Crippen LogP contribution in [0.1, 0.15) is 11.7 Å². The van der Waals surface area contributed by atoms with Crippen molar-refractivity contribution in [2.45, 2.75) is 12.1 Å². The predicted octanol–water partition coefficient (Wildman–Crippen LogP) is 3.44. The van der Waals surface area contributed by atoms with Gasteiger partial charge in [-0.2, -0.15) is 5.10 Å². The molecule has 172 valence electrons. The van der Waals surface area contributed by atoms with Gasteiger partial charge in [-0.15, -0.1) is 0 Å². The normalized spacial score (nSPS) is 16.0. The maximum Gasteiger partial charge on any atom is 0.271 e. The van der Waals surface area contributed by atoms with E-state index in [1.807, 2.05) is 0 Å². The van der Waals surface area contributed by atoms with Crippen molar-refractivity contribution in [3.05, 3.63) is 98.6 Å². The molecule has 2 unspecified atom stereocenters. The van der Waals surface area contributed by atoms with Gasteiger partial charge in [-0.25, -0.2) is 0 Å². The van der Waals surface area contributed by atoms with E-state index >= 15 is 0 Å². The Morgan fingerprint density at radius 1 is 0.941 bits per heavy atom. The lowest BCUT2D eigenvalue weighted by molar-refractivity contribution is -0.385. The molecule has 0 radical (unpaired) electrons. The van der Waals surface area contributed by atoms with E-state index in [2.05, 4.69) is 21.2 Å². The number of fused-ring (bicyclic) bond motifs is 1. The van der Waals surface area contributed by atoms with Crippen LogP contribution >= 0.6 is 0 Å². The smallest absolute Gasteiger partial charge is 0.271 e. The van der Waals surface area contributed by atoms with E-state index in [1.54, 1.807) is 30.3 Å². The predicted molar refractivity (Wildman–Crippen MR) is 125 cm³/mol. The van der Waals surface area contributed by atoms with Crippen LogP contribution in [0.5, 0.6) is 0 Å². The topological polar surface area (TPSA) is 172 Å². The van der Waals surface area contributed by atoms with Crippen LogP contribution in [0, 0.1) is 20.2 Å². The van der Waals surface area contributed by atoms with Gasteiger partial charge >= 0.3 is 0 Å². The van der Waals surface area contributed by atoms with Crippen molar-refractivity contribution in [1.29, 1.82) is 0 Å². The first-order chi connectivity index (χ1) is 16.3. The monoisotopic (exact) mass is 462 g/mol. The summed E-state index contributed by atoms with van der Waals surface area (Å²) in [7, 11) is 0. The molecule has 4 N–H and O–H groups in total. The largest absolute Gasteiger partial charge is 0.382 e. The number of non-ortho nitro benzene ring substituents is 2. The van der Waals surface area contributed by atoms with Crippen molar-refractivity contribution in [2.24, 2.45) is 5.10 Å². The van der Waals surface area contributed by atoms with Crippen molar-refractivity contribution >= 4 is 40.1 Å². The van der Waals surface area contributed by atoms with Crippen molar-refractivity contribution in [3.63, 3.8) is 0 Å². The van der Waals surface area contributed by atoms with E-state index < -0.39 is 27.9 Å². The molecule has 0 saturated heterocycles. The lowest BCUT2D eigenvalue weighted by Gasteiger charge is -2.29. The summed E-state index contributed by atoms with van der Waals surface area (Å²) in [6, 6.07) is 16.9. The Labute approximate surface area is 192 Å². The Kier molecular flexibility index (Phi) is 6.14. The van der Waals surface area contributed by atoms with Crippen molar-refractivity contribution < 1.29 is 19.7 Å². The van der Waals surface area contributed by atoms with Crippen molar-refractivity contribution in [1.82, 2.24) is 0 Å². The standard InChI is InChI=1S/C22H18N6O6/c29-21(13-5-4-8-15(11-13)27(31)32)19(26-25-14-6-2-1-3-7-14)20-22(30)24-18-12-16(28(33)34)9-10-17(18)23-20/h1-12,20-21,23,25,29H,(H,24,30). The summed E-state index contributed by atoms with van der Waals surface area (Å²) in [6.07, 6.45) is -1.49. The van der Waals surface area contributed by atoms with Gasteiger partial charge in [-0.3, -0.25) is 30.4 Å². The molecule has 3 aromatic carbocycles. The average Bonchev–Trinajstić information content (AvgIpc) is 2.84. The minimum absolute atomic E-state index is 0.0640. The summed E-state index contributed by atoms with van der Waals surface area (Å²) in [5.74, 6) is -0.619. The number of hydrazone groups is 1. The molecular formula is C22H18N6O6. The minimum Gasteiger partial charge on any atom is -0.382 e. The molecule has 0 aromatic heterocycles. The number of aliphatic hydroxyl groups excluding tert-OH is 1. The van der Waals surface area contributed by atoms with Gasteiger partial charge < -0.3 is 15.7 Å². The number of aliphatic hydroxyl groups is 1. The molecular weight excluding hydrogens is 444 g/mol. The first-order valence-corrected chi connectivity index (χ1v) is 10.0. The van der Waals surface area contributed by atoms with E-state index in [-0.39, 0.29) is 28.3 Å². The lowest BCUT2D eigenvalue weighted by Crippen LogP contribution is -2.47. The number of hydrogen-bond donors (Lipinski definition) is 4. The number of carbonyl (C=O) groups excluding carboxylic acids is 1. The molecule has 0 fully saturated rings. The van der Waals surface area contributed by atoms with E-state index in [9.17, 15) is 30.1 Å². The van der Waals surface area contributed by atoms with Crippen LogP contribution in [0.3, 0.4) is 0 Å². The number of hydrogen-bond acceptors (Lipinski definition) is 9. The second kappa shape index (κ2) is 9.34. The lowest BCUT2D eigenvalue weighted by atomic mass is 9.96. The second-order valence-corrected chi connectivity index (χ2v) is 7.32. The maximum atomic E-state index is 12.9. The second-order valence-electron chi connectivity index (χ2n) is 7.32. The fraction of sp³-hybridized carbons (Fsp3) is 0.0909. The van der Waals surface area contributed by atoms with E-state index in [0.717, 1.165) is 0 Å². The van der Waals surface area contributed by atoms with Crippen molar-refractivity contribution in [3.8, 4) is 0 Å². The van der Waals surface area contributed by atoms with Gasteiger partial charge in [0.25, 0.3) is 17.3 Å². The first-order valence-electron chi connectivity index (χ1n) is 10.0. The third-order valence-corrected chi connectivity index (χ3v) is 5.09. The number of nitro groups is 2. The fourth-order valence-electron chi connectivity index (χ4n) is 3.41. The zero-order chi connectivity index (χ0) is 24.2. The van der Waals surface area contributed by atoms with E-state index in [1.165, 1.54) is 42.5 Å². The average molecular weight is 462 g/mol. The summed E-state index contributed by atoms with van der Waals surface area (Å²) in [5.41, 5.74) is 3.62. The van der Waals surface area contributed by atoms with Gasteiger partial charge in [0, 0.05) is 24.3 Å². The van der Waals surface area contributed by atoms with E-state index in [0.29, 0.717) is 11.4 Å². The summed E-state index contributed by atoms with van der Waals surface area (Å²) in [5, 5.41) is 43.1. The molecule has 0 spiro atoms. The van der Waals surface area contributed by atoms with Gasteiger partial charge in [-0.05, 0) is 23.8 Å².